The molecule has 0 aromatic heterocycles. The fraction of sp³-hybridized carbons (Fsp3) is 0.276. The van der Waals surface area contributed by atoms with Gasteiger partial charge < -0.3 is 15.0 Å². The van der Waals surface area contributed by atoms with Crippen LogP contribution in [-0.2, 0) is 14.3 Å². The van der Waals surface area contributed by atoms with Crippen LogP contribution in [0.3, 0.4) is 0 Å². The van der Waals surface area contributed by atoms with Crippen LogP contribution >= 0.6 is 0 Å². The van der Waals surface area contributed by atoms with Crippen LogP contribution in [-0.4, -0.2) is 42.4 Å². The fourth-order valence-corrected chi connectivity index (χ4v) is 4.52. The third-order valence-corrected chi connectivity index (χ3v) is 6.35. The standard InChI is InChI=1S/C29H30N2O4/c1-2-35-29(34)23-17-19-31(20-18-23)28(33)24-15-9-10-16-25(24)30-27(32)26(21-11-5-3-6-12-21)22-13-7-4-8-14-22/h3-16,23,26H,2,17-20H2,1H3,(H,30,32). The van der Waals surface area contributed by atoms with Crippen LogP contribution in [0.1, 0.15) is 47.2 Å². The Kier molecular flexibility index (Phi) is 7.93. The number of ether oxygens (including phenoxy) is 1. The molecule has 0 aliphatic carbocycles. The van der Waals surface area contributed by atoms with Gasteiger partial charge in [-0.15, -0.1) is 0 Å². The molecule has 35 heavy (non-hydrogen) atoms. The number of piperidine rings is 1. The largest absolute Gasteiger partial charge is 0.466 e. The first-order valence-corrected chi connectivity index (χ1v) is 12.0. The second-order valence-electron chi connectivity index (χ2n) is 8.61. The van der Waals surface area contributed by atoms with Crippen molar-refractivity contribution in [3.63, 3.8) is 0 Å². The van der Waals surface area contributed by atoms with Crippen molar-refractivity contribution in [1.82, 2.24) is 4.90 Å². The highest BCUT2D eigenvalue weighted by Crippen LogP contribution is 2.28. The van der Waals surface area contributed by atoms with Crippen molar-refractivity contribution in [2.75, 3.05) is 25.0 Å². The van der Waals surface area contributed by atoms with Crippen LogP contribution in [0, 0.1) is 5.92 Å². The van der Waals surface area contributed by atoms with Gasteiger partial charge in [-0.05, 0) is 43.0 Å². The van der Waals surface area contributed by atoms with Crippen molar-refractivity contribution >= 4 is 23.5 Å². The van der Waals surface area contributed by atoms with Gasteiger partial charge in [-0.2, -0.15) is 0 Å². The van der Waals surface area contributed by atoms with Gasteiger partial charge in [0, 0.05) is 13.1 Å². The zero-order valence-electron chi connectivity index (χ0n) is 19.9. The van der Waals surface area contributed by atoms with Gasteiger partial charge in [0.2, 0.25) is 5.91 Å². The van der Waals surface area contributed by atoms with Crippen molar-refractivity contribution in [2.45, 2.75) is 25.7 Å². The van der Waals surface area contributed by atoms with E-state index in [2.05, 4.69) is 5.32 Å². The molecule has 0 saturated carbocycles. The Bertz CT molecular complexity index is 1120. The first-order chi connectivity index (χ1) is 17.1. The monoisotopic (exact) mass is 470 g/mol. The normalized spacial score (nSPS) is 13.9. The Morgan fingerprint density at radius 2 is 1.40 bits per heavy atom. The Morgan fingerprint density at radius 3 is 1.97 bits per heavy atom. The van der Waals surface area contributed by atoms with E-state index < -0.39 is 5.92 Å². The van der Waals surface area contributed by atoms with Gasteiger partial charge in [0.15, 0.2) is 0 Å². The number of benzene rings is 3. The topological polar surface area (TPSA) is 75.7 Å². The third-order valence-electron chi connectivity index (χ3n) is 6.35. The number of nitrogens with one attached hydrogen (secondary N) is 1. The molecule has 1 N–H and O–H groups in total. The molecule has 0 spiro atoms. The summed E-state index contributed by atoms with van der Waals surface area (Å²) >= 11 is 0. The van der Waals surface area contributed by atoms with Gasteiger partial charge in [0.05, 0.1) is 29.7 Å². The summed E-state index contributed by atoms with van der Waals surface area (Å²) in [6.07, 6.45) is 1.15. The number of carbonyl (C=O) groups is 3. The molecule has 3 aromatic rings. The fourth-order valence-electron chi connectivity index (χ4n) is 4.52. The minimum Gasteiger partial charge on any atom is -0.466 e. The zero-order valence-corrected chi connectivity index (χ0v) is 19.9. The molecule has 1 fully saturated rings. The Balaban J connectivity index is 1.52. The highest BCUT2D eigenvalue weighted by atomic mass is 16.5. The zero-order chi connectivity index (χ0) is 24.6. The number of amides is 2. The van der Waals surface area contributed by atoms with Crippen molar-refractivity contribution < 1.29 is 19.1 Å². The Labute approximate surface area is 205 Å². The lowest BCUT2D eigenvalue weighted by atomic mass is 9.90. The van der Waals surface area contributed by atoms with Crippen LogP contribution in [0.4, 0.5) is 5.69 Å². The molecule has 1 aliphatic heterocycles. The maximum atomic E-state index is 13.6. The highest BCUT2D eigenvalue weighted by Gasteiger charge is 2.30. The lowest BCUT2D eigenvalue weighted by molar-refractivity contribution is -0.149. The molecule has 0 atom stereocenters. The number of carbonyl (C=O) groups excluding carboxylic acids is 3. The number of hydrogen-bond acceptors (Lipinski definition) is 4. The molecule has 0 unspecified atom stereocenters. The predicted molar refractivity (Wildman–Crippen MR) is 135 cm³/mol. The summed E-state index contributed by atoms with van der Waals surface area (Å²) in [7, 11) is 0. The van der Waals surface area contributed by atoms with E-state index in [0.29, 0.717) is 43.8 Å². The smallest absolute Gasteiger partial charge is 0.309 e. The summed E-state index contributed by atoms with van der Waals surface area (Å²) < 4.78 is 5.13. The van der Waals surface area contributed by atoms with Crippen LogP contribution in [0.5, 0.6) is 0 Å². The van der Waals surface area contributed by atoms with E-state index in [9.17, 15) is 14.4 Å². The van der Waals surface area contributed by atoms with Gasteiger partial charge in [0.25, 0.3) is 5.91 Å². The molecule has 4 rings (SSSR count). The molecule has 6 heteroatoms. The van der Waals surface area contributed by atoms with Crippen molar-refractivity contribution in [2.24, 2.45) is 5.92 Å². The predicted octanol–water partition coefficient (Wildman–Crippen LogP) is 4.87. The summed E-state index contributed by atoms with van der Waals surface area (Å²) in [4.78, 5) is 40.7. The van der Waals surface area contributed by atoms with Gasteiger partial charge in [-0.3, -0.25) is 14.4 Å². The molecular weight excluding hydrogens is 440 g/mol. The third kappa shape index (κ3) is 5.77. The summed E-state index contributed by atoms with van der Waals surface area (Å²) in [5.74, 6) is -1.24. The van der Waals surface area contributed by atoms with Gasteiger partial charge in [-0.25, -0.2) is 0 Å². The van der Waals surface area contributed by atoms with E-state index >= 15 is 0 Å². The number of hydrogen-bond donors (Lipinski definition) is 1. The van der Waals surface area contributed by atoms with E-state index in [4.69, 9.17) is 4.74 Å². The number of anilines is 1. The second kappa shape index (κ2) is 11.5. The second-order valence-corrected chi connectivity index (χ2v) is 8.61. The number of para-hydroxylation sites is 1. The molecule has 2 amide bonds. The van der Waals surface area contributed by atoms with Crippen molar-refractivity contribution in [3.05, 3.63) is 102 Å². The van der Waals surface area contributed by atoms with E-state index in [0.717, 1.165) is 11.1 Å². The molecular formula is C29H30N2O4. The maximum Gasteiger partial charge on any atom is 0.309 e. The Morgan fingerprint density at radius 1 is 0.857 bits per heavy atom. The average Bonchev–Trinajstić information content (AvgIpc) is 2.90. The highest BCUT2D eigenvalue weighted by molar-refractivity contribution is 6.06. The maximum absolute atomic E-state index is 13.6. The van der Waals surface area contributed by atoms with Crippen LogP contribution < -0.4 is 5.32 Å². The van der Waals surface area contributed by atoms with Crippen LogP contribution in [0.2, 0.25) is 0 Å². The van der Waals surface area contributed by atoms with Gasteiger partial charge in [0.1, 0.15) is 0 Å². The Hall–Kier alpha value is -3.93. The minimum absolute atomic E-state index is 0.154. The lowest BCUT2D eigenvalue weighted by Crippen LogP contribution is -2.41. The molecule has 0 bridgehead atoms. The molecule has 3 aromatic carbocycles. The molecule has 1 saturated heterocycles. The van der Waals surface area contributed by atoms with Crippen molar-refractivity contribution in [1.29, 1.82) is 0 Å². The molecule has 1 aliphatic rings. The number of likely N-dealkylation sites (tertiary alicyclic amines) is 1. The summed E-state index contributed by atoms with van der Waals surface area (Å²) in [6, 6.07) is 26.3. The van der Waals surface area contributed by atoms with E-state index in [1.807, 2.05) is 60.7 Å². The molecule has 0 radical (unpaired) electrons. The molecule has 1 heterocycles. The number of esters is 1. The summed E-state index contributed by atoms with van der Waals surface area (Å²) in [5.41, 5.74) is 2.67. The molecule has 180 valence electrons. The SMILES string of the molecule is CCOC(=O)C1CCN(C(=O)c2ccccc2NC(=O)C(c2ccccc2)c2ccccc2)CC1. The first kappa shape index (κ1) is 24.2. The van der Waals surface area contributed by atoms with Gasteiger partial charge in [-0.1, -0.05) is 72.8 Å². The number of rotatable bonds is 7. The summed E-state index contributed by atoms with van der Waals surface area (Å²) in [6.45, 7) is 3.10. The first-order valence-electron chi connectivity index (χ1n) is 12.0. The van der Waals surface area contributed by atoms with Gasteiger partial charge >= 0.3 is 5.97 Å². The lowest BCUT2D eigenvalue weighted by Gasteiger charge is -2.31. The number of nitrogens with zero attached hydrogens (tertiary/aromatic N) is 1. The van der Waals surface area contributed by atoms with E-state index in [-0.39, 0.29) is 23.7 Å². The van der Waals surface area contributed by atoms with E-state index in [1.54, 1.807) is 36.1 Å². The van der Waals surface area contributed by atoms with Crippen LogP contribution in [0.15, 0.2) is 84.9 Å². The molecule has 6 nitrogen and oxygen atoms in total. The van der Waals surface area contributed by atoms with Crippen molar-refractivity contribution in [3.8, 4) is 0 Å². The quantitative estimate of drug-likeness (QED) is 0.500. The minimum atomic E-state index is -0.513. The average molecular weight is 471 g/mol. The van der Waals surface area contributed by atoms with Crippen LogP contribution in [0.25, 0.3) is 0 Å². The summed E-state index contributed by atoms with van der Waals surface area (Å²) in [5, 5.41) is 3.01. The van der Waals surface area contributed by atoms with E-state index in [1.165, 1.54) is 0 Å².